The summed E-state index contributed by atoms with van der Waals surface area (Å²) in [6.45, 7) is 3.14. The number of halogens is 4. The quantitative estimate of drug-likeness (QED) is 0.822. The van der Waals surface area contributed by atoms with Crippen molar-refractivity contribution in [3.05, 3.63) is 29.6 Å². The maximum Gasteiger partial charge on any atom is 0.419 e. The lowest BCUT2D eigenvalue weighted by Crippen LogP contribution is -2.37. The Labute approximate surface area is 144 Å². The second-order valence-corrected chi connectivity index (χ2v) is 6.61. The van der Waals surface area contributed by atoms with Crippen molar-refractivity contribution in [1.29, 1.82) is 0 Å². The number of nitrogens with one attached hydrogen (secondary N) is 1. The number of nitrogens with zero attached hydrogens (tertiary/aromatic N) is 2. The highest BCUT2D eigenvalue weighted by atomic mass is 19.4. The standard InChI is InChI=1S/C17H23F4N3O/c1-4-5-11-9-24(10-15(11)23(2)3)16(25)22-12-6-7-14(18)13(8-12)17(19,20)21/h6-8,11,15H,4-5,9-10H2,1-3H3,(H,22,25). The average Bonchev–Trinajstić information content (AvgIpc) is 2.93. The number of hydrogen-bond donors (Lipinski definition) is 1. The Kier molecular flexibility index (Phi) is 5.92. The van der Waals surface area contributed by atoms with E-state index in [4.69, 9.17) is 0 Å². The van der Waals surface area contributed by atoms with Gasteiger partial charge in [0, 0.05) is 24.8 Å². The van der Waals surface area contributed by atoms with E-state index in [1.165, 1.54) is 0 Å². The highest BCUT2D eigenvalue weighted by Crippen LogP contribution is 2.33. The monoisotopic (exact) mass is 361 g/mol. The van der Waals surface area contributed by atoms with Crippen LogP contribution in [0.4, 0.5) is 28.0 Å². The van der Waals surface area contributed by atoms with Gasteiger partial charge in [0.05, 0.1) is 5.56 Å². The van der Waals surface area contributed by atoms with Crippen LogP contribution in [0, 0.1) is 11.7 Å². The molecule has 1 heterocycles. The Bertz CT molecular complexity index is 618. The molecule has 0 saturated carbocycles. The predicted octanol–water partition coefficient (Wildman–Crippen LogP) is 4.04. The van der Waals surface area contributed by atoms with Crippen molar-refractivity contribution in [2.45, 2.75) is 32.0 Å². The first kappa shape index (κ1) is 19.5. The van der Waals surface area contributed by atoms with E-state index < -0.39 is 23.6 Å². The molecule has 1 N–H and O–H groups in total. The van der Waals surface area contributed by atoms with Crippen LogP contribution in [-0.4, -0.2) is 49.1 Å². The van der Waals surface area contributed by atoms with E-state index in [0.717, 1.165) is 18.9 Å². The molecule has 1 aromatic rings. The Morgan fingerprint density at radius 2 is 2.00 bits per heavy atom. The van der Waals surface area contributed by atoms with Crippen LogP contribution in [0.5, 0.6) is 0 Å². The molecule has 0 aliphatic carbocycles. The number of benzene rings is 1. The minimum absolute atomic E-state index is 0.0703. The molecule has 25 heavy (non-hydrogen) atoms. The van der Waals surface area contributed by atoms with Gasteiger partial charge in [0.1, 0.15) is 5.82 Å². The van der Waals surface area contributed by atoms with Crippen molar-refractivity contribution in [3.8, 4) is 0 Å². The van der Waals surface area contributed by atoms with Crippen LogP contribution in [0.25, 0.3) is 0 Å². The van der Waals surface area contributed by atoms with Gasteiger partial charge in [-0.2, -0.15) is 13.2 Å². The van der Waals surface area contributed by atoms with E-state index in [1.807, 2.05) is 14.1 Å². The molecule has 0 spiro atoms. The van der Waals surface area contributed by atoms with Gasteiger partial charge in [-0.05, 0) is 44.6 Å². The molecular weight excluding hydrogens is 338 g/mol. The molecule has 1 aliphatic heterocycles. The van der Waals surface area contributed by atoms with Crippen molar-refractivity contribution in [2.75, 3.05) is 32.5 Å². The molecule has 1 aliphatic rings. The van der Waals surface area contributed by atoms with E-state index in [0.29, 0.717) is 31.1 Å². The van der Waals surface area contributed by atoms with Gasteiger partial charge in [0.15, 0.2) is 0 Å². The van der Waals surface area contributed by atoms with Crippen molar-refractivity contribution >= 4 is 11.7 Å². The van der Waals surface area contributed by atoms with Crippen LogP contribution >= 0.6 is 0 Å². The number of likely N-dealkylation sites (tertiary alicyclic amines) is 1. The normalized spacial score (nSPS) is 21.0. The van der Waals surface area contributed by atoms with Gasteiger partial charge in [0.2, 0.25) is 0 Å². The lowest BCUT2D eigenvalue weighted by Gasteiger charge is -2.24. The largest absolute Gasteiger partial charge is 0.419 e. The number of urea groups is 1. The number of carbonyl (C=O) groups is 1. The molecule has 1 fully saturated rings. The molecule has 1 saturated heterocycles. The van der Waals surface area contributed by atoms with Crippen molar-refractivity contribution in [1.82, 2.24) is 9.80 Å². The van der Waals surface area contributed by atoms with E-state index in [1.54, 1.807) is 4.90 Å². The Hall–Kier alpha value is -1.83. The number of rotatable bonds is 4. The van der Waals surface area contributed by atoms with Gasteiger partial charge in [-0.3, -0.25) is 0 Å². The second-order valence-electron chi connectivity index (χ2n) is 6.61. The summed E-state index contributed by atoms with van der Waals surface area (Å²) in [5.41, 5.74) is -1.46. The molecule has 2 unspecified atom stereocenters. The number of likely N-dealkylation sites (N-methyl/N-ethyl adjacent to an activating group) is 1. The fourth-order valence-electron chi connectivity index (χ4n) is 3.28. The average molecular weight is 361 g/mol. The summed E-state index contributed by atoms with van der Waals surface area (Å²) >= 11 is 0. The molecule has 2 atom stereocenters. The zero-order valence-electron chi connectivity index (χ0n) is 14.5. The highest BCUT2D eigenvalue weighted by molar-refractivity contribution is 5.89. The van der Waals surface area contributed by atoms with E-state index in [2.05, 4.69) is 17.1 Å². The van der Waals surface area contributed by atoms with Crippen LogP contribution in [-0.2, 0) is 6.18 Å². The van der Waals surface area contributed by atoms with Crippen LogP contribution < -0.4 is 5.32 Å². The number of amides is 2. The van der Waals surface area contributed by atoms with Crippen LogP contribution in [0.2, 0.25) is 0 Å². The number of hydrogen-bond acceptors (Lipinski definition) is 2. The van der Waals surface area contributed by atoms with Crippen molar-refractivity contribution in [3.63, 3.8) is 0 Å². The van der Waals surface area contributed by atoms with Gasteiger partial charge in [-0.1, -0.05) is 13.3 Å². The molecule has 2 rings (SSSR count). The molecule has 0 bridgehead atoms. The maximum absolute atomic E-state index is 13.3. The third kappa shape index (κ3) is 4.62. The van der Waals surface area contributed by atoms with Gasteiger partial charge in [0.25, 0.3) is 0 Å². The third-order valence-electron chi connectivity index (χ3n) is 4.54. The SMILES string of the molecule is CCCC1CN(C(=O)Nc2ccc(F)c(C(F)(F)F)c2)CC1N(C)C. The summed E-state index contributed by atoms with van der Waals surface area (Å²) in [4.78, 5) is 16.1. The lowest BCUT2D eigenvalue weighted by atomic mass is 9.98. The fraction of sp³-hybridized carbons (Fsp3) is 0.588. The number of carbonyl (C=O) groups excluding carboxylic acids is 1. The van der Waals surface area contributed by atoms with Crippen LogP contribution in [0.15, 0.2) is 18.2 Å². The first-order valence-electron chi connectivity index (χ1n) is 8.22. The maximum atomic E-state index is 13.3. The van der Waals surface area contributed by atoms with Gasteiger partial charge >= 0.3 is 12.2 Å². The molecule has 4 nitrogen and oxygen atoms in total. The summed E-state index contributed by atoms with van der Waals surface area (Å²) < 4.78 is 51.7. The van der Waals surface area contributed by atoms with Crippen molar-refractivity contribution < 1.29 is 22.4 Å². The topological polar surface area (TPSA) is 35.6 Å². The van der Waals surface area contributed by atoms with Crippen molar-refractivity contribution in [2.24, 2.45) is 5.92 Å². The van der Waals surface area contributed by atoms with Crippen LogP contribution in [0.3, 0.4) is 0 Å². The molecule has 1 aromatic carbocycles. The Balaban J connectivity index is 2.10. The molecule has 140 valence electrons. The molecule has 0 radical (unpaired) electrons. The smallest absolute Gasteiger partial charge is 0.323 e. The summed E-state index contributed by atoms with van der Waals surface area (Å²) in [7, 11) is 3.90. The third-order valence-corrected chi connectivity index (χ3v) is 4.54. The summed E-state index contributed by atoms with van der Waals surface area (Å²) in [6.07, 6.45) is -2.83. The molecule has 2 amide bonds. The van der Waals surface area contributed by atoms with Gasteiger partial charge in [-0.15, -0.1) is 0 Å². The van der Waals surface area contributed by atoms with E-state index >= 15 is 0 Å². The minimum Gasteiger partial charge on any atom is -0.323 e. The zero-order chi connectivity index (χ0) is 18.8. The van der Waals surface area contributed by atoms with Gasteiger partial charge in [-0.25, -0.2) is 9.18 Å². The molecule has 8 heteroatoms. The van der Waals surface area contributed by atoms with E-state index in [9.17, 15) is 22.4 Å². The summed E-state index contributed by atoms with van der Waals surface area (Å²) in [5, 5.41) is 2.45. The lowest BCUT2D eigenvalue weighted by molar-refractivity contribution is -0.139. The Morgan fingerprint density at radius 3 is 2.56 bits per heavy atom. The summed E-state index contributed by atoms with van der Waals surface area (Å²) in [6, 6.07) is 2.21. The summed E-state index contributed by atoms with van der Waals surface area (Å²) in [5.74, 6) is -1.04. The Morgan fingerprint density at radius 1 is 1.32 bits per heavy atom. The number of alkyl halides is 3. The van der Waals surface area contributed by atoms with Crippen LogP contribution in [0.1, 0.15) is 25.3 Å². The zero-order valence-corrected chi connectivity index (χ0v) is 14.5. The second kappa shape index (κ2) is 7.59. The number of anilines is 1. The first-order chi connectivity index (χ1) is 11.6. The van der Waals surface area contributed by atoms with E-state index in [-0.39, 0.29) is 11.7 Å². The molecular formula is C17H23F4N3O. The van der Waals surface area contributed by atoms with Gasteiger partial charge < -0.3 is 15.1 Å². The molecule has 0 aromatic heterocycles. The first-order valence-corrected chi connectivity index (χ1v) is 8.22. The highest BCUT2D eigenvalue weighted by Gasteiger charge is 2.37. The predicted molar refractivity (Wildman–Crippen MR) is 87.9 cm³/mol. The minimum atomic E-state index is -4.80. The fourth-order valence-corrected chi connectivity index (χ4v) is 3.28.